The van der Waals surface area contributed by atoms with Crippen LogP contribution in [0.25, 0.3) is 0 Å². The summed E-state index contributed by atoms with van der Waals surface area (Å²) >= 11 is 1.80. The van der Waals surface area contributed by atoms with Gasteiger partial charge in [0.05, 0.1) is 6.42 Å². The first kappa shape index (κ1) is 16.1. The van der Waals surface area contributed by atoms with Gasteiger partial charge >= 0.3 is 12.0 Å². The fourth-order valence-electron chi connectivity index (χ4n) is 3.21. The van der Waals surface area contributed by atoms with Gasteiger partial charge in [-0.2, -0.15) is 11.8 Å². The fourth-order valence-corrected chi connectivity index (χ4v) is 4.11. The highest BCUT2D eigenvalue weighted by Gasteiger charge is 2.38. The number of carbonyl (C=O) groups is 3. The maximum absolute atomic E-state index is 12.1. The molecule has 3 amide bonds. The Kier molecular flexibility index (Phi) is 5.50. The number of carbonyl (C=O) groups excluding carboxylic acids is 2. The Labute approximate surface area is 128 Å². The average molecular weight is 314 g/mol. The van der Waals surface area contributed by atoms with Gasteiger partial charge in [0.2, 0.25) is 5.91 Å². The van der Waals surface area contributed by atoms with Crippen LogP contribution in [0.4, 0.5) is 4.79 Å². The average Bonchev–Trinajstić information content (AvgIpc) is 2.86. The van der Waals surface area contributed by atoms with E-state index in [9.17, 15) is 14.4 Å². The van der Waals surface area contributed by atoms with Crippen LogP contribution in [0.3, 0.4) is 0 Å². The number of imide groups is 1. The van der Waals surface area contributed by atoms with Gasteiger partial charge < -0.3 is 10.0 Å². The number of urea groups is 1. The second-order valence-electron chi connectivity index (χ2n) is 5.91. The second-order valence-corrected chi connectivity index (χ2v) is 7.13. The number of rotatable bonds is 4. The Hall–Kier alpha value is -1.24. The number of hydrogen-bond donors (Lipinski definition) is 2. The number of carboxylic acids is 1. The molecule has 7 heteroatoms. The molecule has 0 spiro atoms. The van der Waals surface area contributed by atoms with Crippen molar-refractivity contribution in [1.29, 1.82) is 0 Å². The molecule has 2 rings (SSSR count). The van der Waals surface area contributed by atoms with Crippen LogP contribution in [0.1, 0.15) is 38.5 Å². The monoisotopic (exact) mass is 314 g/mol. The predicted molar refractivity (Wildman–Crippen MR) is 80.2 cm³/mol. The van der Waals surface area contributed by atoms with Crippen molar-refractivity contribution < 1.29 is 19.5 Å². The molecular formula is C14H22N2O4S. The number of nitrogens with one attached hydrogen (secondary N) is 1. The number of amides is 3. The highest BCUT2D eigenvalue weighted by molar-refractivity contribution is 7.99. The summed E-state index contributed by atoms with van der Waals surface area (Å²) in [5, 5.41) is 11.4. The summed E-state index contributed by atoms with van der Waals surface area (Å²) in [4.78, 5) is 36.7. The van der Waals surface area contributed by atoms with Crippen molar-refractivity contribution in [1.82, 2.24) is 10.2 Å². The minimum atomic E-state index is -0.871. The Bertz CT molecular complexity index is 415. The van der Waals surface area contributed by atoms with Crippen molar-refractivity contribution in [3.8, 4) is 0 Å². The van der Waals surface area contributed by atoms with E-state index in [0.717, 1.165) is 37.2 Å². The van der Waals surface area contributed by atoms with Crippen molar-refractivity contribution in [2.75, 3.05) is 24.6 Å². The van der Waals surface area contributed by atoms with Gasteiger partial charge in [0, 0.05) is 31.0 Å². The van der Waals surface area contributed by atoms with Crippen LogP contribution in [-0.4, -0.2) is 52.5 Å². The van der Waals surface area contributed by atoms with E-state index in [2.05, 4.69) is 5.32 Å². The van der Waals surface area contributed by atoms with Gasteiger partial charge in [-0.1, -0.05) is 12.8 Å². The molecule has 2 fully saturated rings. The number of hydrogen-bond acceptors (Lipinski definition) is 4. The van der Waals surface area contributed by atoms with E-state index in [4.69, 9.17) is 5.11 Å². The third-order valence-electron chi connectivity index (χ3n) is 4.27. The number of aliphatic carboxylic acids is 1. The molecule has 1 heterocycles. The van der Waals surface area contributed by atoms with Crippen LogP contribution in [0.15, 0.2) is 0 Å². The van der Waals surface area contributed by atoms with Gasteiger partial charge in [0.1, 0.15) is 0 Å². The lowest BCUT2D eigenvalue weighted by Gasteiger charge is -2.28. The lowest BCUT2D eigenvalue weighted by Crippen LogP contribution is -2.47. The van der Waals surface area contributed by atoms with Crippen molar-refractivity contribution in [3.63, 3.8) is 0 Å². The van der Waals surface area contributed by atoms with Gasteiger partial charge in [0.15, 0.2) is 0 Å². The molecule has 0 radical (unpaired) electrons. The molecule has 1 saturated carbocycles. The predicted octanol–water partition coefficient (Wildman–Crippen LogP) is 1.70. The maximum Gasteiger partial charge on any atom is 0.324 e. The van der Waals surface area contributed by atoms with E-state index in [-0.39, 0.29) is 24.8 Å². The van der Waals surface area contributed by atoms with E-state index in [1.807, 2.05) is 0 Å². The van der Waals surface area contributed by atoms with Crippen LogP contribution in [-0.2, 0) is 9.59 Å². The molecule has 118 valence electrons. The van der Waals surface area contributed by atoms with Gasteiger partial charge in [-0.15, -0.1) is 0 Å². The van der Waals surface area contributed by atoms with Crippen LogP contribution < -0.4 is 5.32 Å². The smallest absolute Gasteiger partial charge is 0.324 e. The quantitative estimate of drug-likeness (QED) is 0.824. The summed E-state index contributed by atoms with van der Waals surface area (Å²) in [7, 11) is 0. The Morgan fingerprint density at radius 2 is 1.71 bits per heavy atom. The van der Waals surface area contributed by atoms with Gasteiger partial charge in [-0.25, -0.2) is 4.79 Å². The maximum atomic E-state index is 12.1. The lowest BCUT2D eigenvalue weighted by molar-refractivity contribution is -0.140. The molecule has 0 bridgehead atoms. The highest BCUT2D eigenvalue weighted by atomic mass is 32.2. The van der Waals surface area contributed by atoms with E-state index >= 15 is 0 Å². The van der Waals surface area contributed by atoms with Crippen molar-refractivity contribution in [2.24, 2.45) is 5.41 Å². The zero-order valence-corrected chi connectivity index (χ0v) is 12.9. The molecule has 1 aliphatic carbocycles. The molecule has 0 aromatic heterocycles. The largest absolute Gasteiger partial charge is 0.481 e. The Morgan fingerprint density at radius 1 is 1.10 bits per heavy atom. The van der Waals surface area contributed by atoms with Gasteiger partial charge in [0.25, 0.3) is 0 Å². The Balaban J connectivity index is 1.87. The summed E-state index contributed by atoms with van der Waals surface area (Å²) < 4.78 is 0. The van der Waals surface area contributed by atoms with Crippen molar-refractivity contribution in [3.05, 3.63) is 0 Å². The Morgan fingerprint density at radius 3 is 2.29 bits per heavy atom. The van der Waals surface area contributed by atoms with E-state index < -0.39 is 11.4 Å². The topological polar surface area (TPSA) is 86.7 Å². The molecular weight excluding hydrogens is 292 g/mol. The number of thioether (sulfide) groups is 1. The second kappa shape index (κ2) is 7.15. The first-order chi connectivity index (χ1) is 10.0. The zero-order valence-electron chi connectivity index (χ0n) is 12.1. The summed E-state index contributed by atoms with van der Waals surface area (Å²) in [5.74, 6) is 0.570. The zero-order chi connectivity index (χ0) is 15.3. The van der Waals surface area contributed by atoms with E-state index in [1.54, 1.807) is 16.7 Å². The molecule has 6 nitrogen and oxygen atoms in total. The molecule has 0 atom stereocenters. The first-order valence-electron chi connectivity index (χ1n) is 7.39. The van der Waals surface area contributed by atoms with Crippen LogP contribution in [0, 0.1) is 5.41 Å². The van der Waals surface area contributed by atoms with Crippen LogP contribution in [0.5, 0.6) is 0 Å². The molecule has 21 heavy (non-hydrogen) atoms. The highest BCUT2D eigenvalue weighted by Crippen LogP contribution is 2.43. The van der Waals surface area contributed by atoms with Crippen LogP contribution in [0.2, 0.25) is 0 Å². The minimum absolute atomic E-state index is 0.00889. The third kappa shape index (κ3) is 4.62. The third-order valence-corrected chi connectivity index (χ3v) is 5.21. The van der Waals surface area contributed by atoms with Crippen LogP contribution >= 0.6 is 11.8 Å². The fraction of sp³-hybridized carbons (Fsp3) is 0.786. The summed E-state index contributed by atoms with van der Waals surface area (Å²) in [6, 6.07) is -0.344. The van der Waals surface area contributed by atoms with Crippen molar-refractivity contribution in [2.45, 2.75) is 38.5 Å². The van der Waals surface area contributed by atoms with Crippen molar-refractivity contribution >= 4 is 29.7 Å². The normalized spacial score (nSPS) is 21.0. The minimum Gasteiger partial charge on any atom is -0.481 e. The molecule has 1 aliphatic heterocycles. The number of nitrogens with zero attached hydrogens (tertiary/aromatic N) is 1. The van der Waals surface area contributed by atoms with E-state index in [0.29, 0.717) is 13.1 Å². The summed E-state index contributed by atoms with van der Waals surface area (Å²) in [6.07, 6.45) is 3.56. The standard InChI is InChI=1S/C14H22N2O4S/c17-11(15-13(20)16-5-7-21-8-6-16)9-14(10-12(18)19)3-1-2-4-14/h1-10H2,(H,18,19)(H,15,17,20). The molecule has 2 aliphatic rings. The number of carboxylic acid groups (broad SMARTS) is 1. The SMILES string of the molecule is O=C(O)CC1(CC(=O)NC(=O)N2CCSCC2)CCCC1. The molecule has 1 saturated heterocycles. The first-order valence-corrected chi connectivity index (χ1v) is 8.55. The lowest BCUT2D eigenvalue weighted by atomic mass is 9.79. The summed E-state index contributed by atoms with van der Waals surface area (Å²) in [5.41, 5.74) is -0.464. The molecule has 2 N–H and O–H groups in total. The van der Waals surface area contributed by atoms with E-state index in [1.165, 1.54) is 0 Å². The molecule has 0 aromatic carbocycles. The molecule has 0 unspecified atom stereocenters. The summed E-state index contributed by atoms with van der Waals surface area (Å²) in [6.45, 7) is 1.31. The van der Waals surface area contributed by atoms with Gasteiger partial charge in [-0.05, 0) is 18.3 Å². The van der Waals surface area contributed by atoms with Gasteiger partial charge in [-0.3, -0.25) is 14.9 Å². The molecule has 0 aromatic rings.